The first-order valence-electron chi connectivity index (χ1n) is 7.32. The number of rotatable bonds is 7. The van der Waals surface area contributed by atoms with Gasteiger partial charge >= 0.3 is 0 Å². The van der Waals surface area contributed by atoms with E-state index in [-0.39, 0.29) is 0 Å². The summed E-state index contributed by atoms with van der Waals surface area (Å²) in [5.74, 6) is 1.43. The molecule has 0 radical (unpaired) electrons. The van der Waals surface area contributed by atoms with Crippen LogP contribution in [0, 0.1) is 0 Å². The van der Waals surface area contributed by atoms with E-state index in [1.54, 1.807) is 7.11 Å². The van der Waals surface area contributed by atoms with Gasteiger partial charge in [0.1, 0.15) is 5.75 Å². The molecule has 0 aliphatic heterocycles. The number of hydrogen-bond donors (Lipinski definition) is 1. The van der Waals surface area contributed by atoms with E-state index >= 15 is 0 Å². The van der Waals surface area contributed by atoms with Crippen molar-refractivity contribution in [3.8, 4) is 5.75 Å². The van der Waals surface area contributed by atoms with E-state index in [4.69, 9.17) is 4.74 Å². The zero-order chi connectivity index (χ0) is 15.1. The Labute approximate surface area is 135 Å². The Kier molecular flexibility index (Phi) is 6.27. The van der Waals surface area contributed by atoms with Crippen LogP contribution < -0.4 is 10.1 Å². The van der Waals surface area contributed by atoms with Crippen LogP contribution in [0.25, 0.3) is 0 Å². The molecular formula is C18H22BrNO. The van der Waals surface area contributed by atoms with Crippen molar-refractivity contribution in [2.24, 2.45) is 0 Å². The minimum atomic E-state index is 0.563. The molecule has 0 aliphatic carbocycles. The number of nitrogens with one attached hydrogen (secondary N) is 1. The first kappa shape index (κ1) is 16.1. The third-order valence-electron chi connectivity index (χ3n) is 3.70. The smallest absolute Gasteiger partial charge is 0.133 e. The molecule has 112 valence electrons. The Morgan fingerprint density at radius 2 is 1.90 bits per heavy atom. The summed E-state index contributed by atoms with van der Waals surface area (Å²) < 4.78 is 6.25. The molecule has 0 aliphatic rings. The summed E-state index contributed by atoms with van der Waals surface area (Å²) in [7, 11) is 1.68. The molecule has 0 aromatic heterocycles. The first-order chi connectivity index (χ1) is 10.2. The van der Waals surface area contributed by atoms with Crippen molar-refractivity contribution < 1.29 is 4.74 Å². The minimum Gasteiger partial charge on any atom is -0.496 e. The van der Waals surface area contributed by atoms with Gasteiger partial charge in [-0.15, -0.1) is 0 Å². The van der Waals surface area contributed by atoms with E-state index in [0.29, 0.717) is 5.92 Å². The summed E-state index contributed by atoms with van der Waals surface area (Å²) in [6, 6.07) is 16.9. The SMILES string of the molecule is CCC(CNCc1ccc(OC)c(Br)c1)c1ccccc1. The molecule has 0 bridgehead atoms. The number of halogens is 1. The lowest BCUT2D eigenvalue weighted by Gasteiger charge is -2.16. The van der Waals surface area contributed by atoms with Crippen molar-refractivity contribution in [2.45, 2.75) is 25.8 Å². The van der Waals surface area contributed by atoms with Crippen LogP contribution in [0.1, 0.15) is 30.4 Å². The molecule has 2 rings (SSSR count). The van der Waals surface area contributed by atoms with Crippen LogP contribution >= 0.6 is 15.9 Å². The minimum absolute atomic E-state index is 0.563. The Morgan fingerprint density at radius 3 is 2.52 bits per heavy atom. The molecule has 0 heterocycles. The maximum absolute atomic E-state index is 5.25. The molecule has 1 N–H and O–H groups in total. The molecule has 0 spiro atoms. The molecule has 0 amide bonds. The van der Waals surface area contributed by atoms with Gasteiger partial charge < -0.3 is 10.1 Å². The van der Waals surface area contributed by atoms with Crippen LogP contribution in [0.4, 0.5) is 0 Å². The molecule has 0 saturated heterocycles. The second kappa shape index (κ2) is 8.20. The molecule has 0 saturated carbocycles. The van der Waals surface area contributed by atoms with E-state index in [9.17, 15) is 0 Å². The van der Waals surface area contributed by atoms with Crippen LogP contribution in [0.5, 0.6) is 5.75 Å². The average molecular weight is 348 g/mol. The summed E-state index contributed by atoms with van der Waals surface area (Å²) in [6.45, 7) is 4.10. The first-order valence-corrected chi connectivity index (χ1v) is 8.12. The summed E-state index contributed by atoms with van der Waals surface area (Å²) in [6.07, 6.45) is 1.14. The molecular weight excluding hydrogens is 326 g/mol. The Morgan fingerprint density at radius 1 is 1.14 bits per heavy atom. The normalized spacial score (nSPS) is 12.1. The lowest BCUT2D eigenvalue weighted by atomic mass is 9.96. The quantitative estimate of drug-likeness (QED) is 0.780. The van der Waals surface area contributed by atoms with Crippen molar-refractivity contribution >= 4 is 15.9 Å². The maximum Gasteiger partial charge on any atom is 0.133 e. The van der Waals surface area contributed by atoms with Crippen LogP contribution in [-0.2, 0) is 6.54 Å². The Bertz CT molecular complexity index is 556. The van der Waals surface area contributed by atoms with E-state index in [0.717, 1.165) is 29.7 Å². The number of hydrogen-bond acceptors (Lipinski definition) is 2. The fraction of sp³-hybridized carbons (Fsp3) is 0.333. The summed E-state index contributed by atoms with van der Waals surface area (Å²) in [5.41, 5.74) is 2.66. The Balaban J connectivity index is 1.90. The van der Waals surface area contributed by atoms with Crippen molar-refractivity contribution in [1.82, 2.24) is 5.32 Å². The van der Waals surface area contributed by atoms with E-state index in [2.05, 4.69) is 70.6 Å². The molecule has 1 unspecified atom stereocenters. The van der Waals surface area contributed by atoms with Crippen LogP contribution in [0.2, 0.25) is 0 Å². The van der Waals surface area contributed by atoms with Gasteiger partial charge in [0, 0.05) is 13.1 Å². The van der Waals surface area contributed by atoms with Gasteiger partial charge in [0.05, 0.1) is 11.6 Å². The predicted octanol–water partition coefficient (Wildman–Crippen LogP) is 4.74. The number of benzene rings is 2. The molecule has 21 heavy (non-hydrogen) atoms. The van der Waals surface area contributed by atoms with Crippen molar-refractivity contribution in [3.05, 3.63) is 64.1 Å². The molecule has 2 nitrogen and oxygen atoms in total. The summed E-state index contributed by atoms with van der Waals surface area (Å²) in [4.78, 5) is 0. The average Bonchev–Trinajstić information content (AvgIpc) is 2.52. The van der Waals surface area contributed by atoms with Gasteiger partial charge in [-0.2, -0.15) is 0 Å². The third-order valence-corrected chi connectivity index (χ3v) is 4.32. The number of ether oxygens (including phenoxy) is 1. The highest BCUT2D eigenvalue weighted by Crippen LogP contribution is 2.25. The molecule has 2 aromatic rings. The number of methoxy groups -OCH3 is 1. The largest absolute Gasteiger partial charge is 0.496 e. The van der Waals surface area contributed by atoms with Gasteiger partial charge in [-0.05, 0) is 51.5 Å². The molecule has 1 atom stereocenters. The van der Waals surface area contributed by atoms with E-state index in [1.165, 1.54) is 11.1 Å². The van der Waals surface area contributed by atoms with Gasteiger partial charge in [0.2, 0.25) is 0 Å². The van der Waals surface area contributed by atoms with Crippen LogP contribution in [0.3, 0.4) is 0 Å². The lowest BCUT2D eigenvalue weighted by molar-refractivity contribution is 0.412. The van der Waals surface area contributed by atoms with Crippen molar-refractivity contribution in [3.63, 3.8) is 0 Å². The highest BCUT2D eigenvalue weighted by Gasteiger charge is 2.08. The van der Waals surface area contributed by atoms with Crippen molar-refractivity contribution in [1.29, 1.82) is 0 Å². The molecule has 3 heteroatoms. The highest BCUT2D eigenvalue weighted by molar-refractivity contribution is 9.10. The highest BCUT2D eigenvalue weighted by atomic mass is 79.9. The zero-order valence-corrected chi connectivity index (χ0v) is 14.2. The zero-order valence-electron chi connectivity index (χ0n) is 12.6. The van der Waals surface area contributed by atoms with E-state index in [1.807, 2.05) is 6.07 Å². The fourth-order valence-electron chi connectivity index (χ4n) is 2.43. The van der Waals surface area contributed by atoms with Gasteiger partial charge in [-0.3, -0.25) is 0 Å². The van der Waals surface area contributed by atoms with E-state index < -0.39 is 0 Å². The second-order valence-corrected chi connectivity index (χ2v) is 5.97. The fourth-order valence-corrected chi connectivity index (χ4v) is 3.02. The summed E-state index contributed by atoms with van der Waals surface area (Å²) in [5, 5.41) is 3.55. The topological polar surface area (TPSA) is 21.3 Å². The summed E-state index contributed by atoms with van der Waals surface area (Å²) >= 11 is 3.53. The van der Waals surface area contributed by atoms with Crippen LogP contribution in [-0.4, -0.2) is 13.7 Å². The molecule has 0 fully saturated rings. The van der Waals surface area contributed by atoms with Gasteiger partial charge in [-0.1, -0.05) is 43.3 Å². The standard InChI is InChI=1S/C18H22BrNO/c1-3-15(16-7-5-4-6-8-16)13-20-12-14-9-10-18(21-2)17(19)11-14/h4-11,15,20H,3,12-13H2,1-2H3. The monoisotopic (exact) mass is 347 g/mol. The molecule has 2 aromatic carbocycles. The lowest BCUT2D eigenvalue weighted by Crippen LogP contribution is -2.21. The maximum atomic E-state index is 5.25. The van der Waals surface area contributed by atoms with Crippen LogP contribution in [0.15, 0.2) is 53.0 Å². The Hall–Kier alpha value is -1.32. The predicted molar refractivity (Wildman–Crippen MR) is 91.9 cm³/mol. The van der Waals surface area contributed by atoms with Gasteiger partial charge in [0.15, 0.2) is 0 Å². The van der Waals surface area contributed by atoms with Gasteiger partial charge in [-0.25, -0.2) is 0 Å². The van der Waals surface area contributed by atoms with Crippen molar-refractivity contribution in [2.75, 3.05) is 13.7 Å². The second-order valence-electron chi connectivity index (χ2n) is 5.12. The third kappa shape index (κ3) is 4.58. The van der Waals surface area contributed by atoms with Gasteiger partial charge in [0.25, 0.3) is 0 Å².